The van der Waals surface area contributed by atoms with Crippen molar-refractivity contribution in [1.29, 1.82) is 0 Å². The molecule has 0 N–H and O–H groups in total. The summed E-state index contributed by atoms with van der Waals surface area (Å²) in [6, 6.07) is 5.39. The summed E-state index contributed by atoms with van der Waals surface area (Å²) in [7, 11) is 1.20. The van der Waals surface area contributed by atoms with Gasteiger partial charge in [0.2, 0.25) is 0 Å². The smallest absolute Gasteiger partial charge is 0.325 e. The number of rotatable bonds is 5. The average molecular weight is 400 g/mol. The number of halogens is 1. The van der Waals surface area contributed by atoms with Gasteiger partial charge in [0.05, 0.1) is 18.6 Å². The maximum absolute atomic E-state index is 12.3. The number of thioether (sulfide) groups is 1. The highest BCUT2D eigenvalue weighted by Gasteiger charge is 2.36. The Bertz CT molecular complexity index is 688. The monoisotopic (exact) mass is 399 g/mol. The molecule has 1 fully saturated rings. The van der Waals surface area contributed by atoms with Gasteiger partial charge < -0.3 is 9.47 Å². The number of amides is 2. The maximum atomic E-state index is 12.3. The number of hydrogen-bond acceptors (Lipinski definition) is 6. The van der Waals surface area contributed by atoms with Gasteiger partial charge in [0.1, 0.15) is 12.3 Å². The molecule has 1 aliphatic heterocycles. The molecule has 1 saturated heterocycles. The lowest BCUT2D eigenvalue weighted by Crippen LogP contribution is -2.34. The Morgan fingerprint density at radius 3 is 2.78 bits per heavy atom. The molecule has 0 atom stereocenters. The van der Waals surface area contributed by atoms with Crippen molar-refractivity contribution in [1.82, 2.24) is 4.90 Å². The fourth-order valence-corrected chi connectivity index (χ4v) is 3.10. The minimum atomic E-state index is -0.647. The van der Waals surface area contributed by atoms with E-state index < -0.39 is 23.7 Å². The Labute approximate surface area is 145 Å². The van der Waals surface area contributed by atoms with Crippen molar-refractivity contribution < 1.29 is 23.9 Å². The van der Waals surface area contributed by atoms with E-state index in [0.29, 0.717) is 17.9 Å². The number of benzene rings is 1. The number of imide groups is 1. The van der Waals surface area contributed by atoms with E-state index in [1.807, 2.05) is 13.0 Å². The summed E-state index contributed by atoms with van der Waals surface area (Å²) >= 11 is 4.14. The van der Waals surface area contributed by atoms with Crippen molar-refractivity contribution >= 4 is 50.9 Å². The summed E-state index contributed by atoms with van der Waals surface area (Å²) < 4.78 is 10.8. The Hall–Kier alpha value is -1.80. The number of ether oxygens (including phenoxy) is 2. The van der Waals surface area contributed by atoms with E-state index in [-0.39, 0.29) is 4.91 Å². The Balaban J connectivity index is 2.30. The van der Waals surface area contributed by atoms with Gasteiger partial charge in [-0.25, -0.2) is 0 Å². The van der Waals surface area contributed by atoms with Crippen LogP contribution in [-0.4, -0.2) is 42.3 Å². The molecule has 0 aromatic heterocycles. The quantitative estimate of drug-likeness (QED) is 0.559. The van der Waals surface area contributed by atoms with Crippen LogP contribution in [0.15, 0.2) is 27.6 Å². The number of carbonyl (C=O) groups excluding carboxylic acids is 3. The normalized spacial score (nSPS) is 16.1. The highest BCUT2D eigenvalue weighted by molar-refractivity contribution is 9.10. The molecular formula is C15H14BrNO5S. The molecule has 122 valence electrons. The Kier molecular flexibility index (Phi) is 5.84. The molecule has 23 heavy (non-hydrogen) atoms. The third kappa shape index (κ3) is 4.14. The van der Waals surface area contributed by atoms with Crippen LogP contribution < -0.4 is 4.74 Å². The second kappa shape index (κ2) is 7.65. The highest BCUT2D eigenvalue weighted by atomic mass is 79.9. The zero-order valence-electron chi connectivity index (χ0n) is 12.5. The molecule has 1 aliphatic rings. The van der Waals surface area contributed by atoms with Gasteiger partial charge in [-0.15, -0.1) is 0 Å². The van der Waals surface area contributed by atoms with Gasteiger partial charge in [-0.2, -0.15) is 0 Å². The first-order valence-corrected chi connectivity index (χ1v) is 8.31. The van der Waals surface area contributed by atoms with E-state index >= 15 is 0 Å². The third-order valence-electron chi connectivity index (χ3n) is 2.95. The average Bonchev–Trinajstić information content (AvgIpc) is 2.77. The zero-order chi connectivity index (χ0) is 17.0. The van der Waals surface area contributed by atoms with Crippen LogP contribution in [0.1, 0.15) is 12.5 Å². The van der Waals surface area contributed by atoms with E-state index in [1.165, 1.54) is 7.11 Å². The van der Waals surface area contributed by atoms with Crippen LogP contribution in [0.25, 0.3) is 6.08 Å². The number of hydrogen-bond donors (Lipinski definition) is 0. The van der Waals surface area contributed by atoms with Crippen LogP contribution in [-0.2, 0) is 14.3 Å². The fraction of sp³-hybridized carbons (Fsp3) is 0.267. The molecule has 1 aromatic carbocycles. The van der Waals surface area contributed by atoms with E-state index in [4.69, 9.17) is 4.74 Å². The van der Waals surface area contributed by atoms with E-state index in [0.717, 1.165) is 21.1 Å². The van der Waals surface area contributed by atoms with Gasteiger partial charge in [0, 0.05) is 10.0 Å². The number of carbonyl (C=O) groups is 3. The van der Waals surface area contributed by atoms with Crippen LogP contribution in [0, 0.1) is 0 Å². The van der Waals surface area contributed by atoms with Crippen molar-refractivity contribution in [2.75, 3.05) is 20.3 Å². The van der Waals surface area contributed by atoms with Crippen molar-refractivity contribution in [3.05, 3.63) is 33.1 Å². The topological polar surface area (TPSA) is 72.9 Å². The molecule has 2 rings (SSSR count). The molecule has 1 aromatic rings. The Morgan fingerprint density at radius 2 is 2.13 bits per heavy atom. The standard InChI is InChI=1S/C15H14BrNO5S/c1-3-22-11-5-4-10(16)6-9(11)7-12-14(19)17(15(20)23-12)8-13(18)21-2/h4-7H,3,8H2,1-2H3/b12-7+. The first kappa shape index (κ1) is 17.6. The van der Waals surface area contributed by atoms with Crippen molar-refractivity contribution in [3.63, 3.8) is 0 Å². The summed E-state index contributed by atoms with van der Waals surface area (Å²) in [5.41, 5.74) is 0.671. The van der Waals surface area contributed by atoms with Gasteiger partial charge in [-0.05, 0) is 43.0 Å². The molecule has 0 saturated carbocycles. The summed E-state index contributed by atoms with van der Waals surface area (Å²) in [5.74, 6) is -0.561. The SMILES string of the molecule is CCOc1ccc(Br)cc1/C=C1/SC(=O)N(CC(=O)OC)C1=O. The number of methoxy groups -OCH3 is 1. The lowest BCUT2D eigenvalue weighted by Gasteiger charge is -2.10. The summed E-state index contributed by atoms with van der Waals surface area (Å²) in [6.07, 6.45) is 1.58. The fourth-order valence-electron chi connectivity index (χ4n) is 1.89. The molecular weight excluding hydrogens is 386 g/mol. The zero-order valence-corrected chi connectivity index (χ0v) is 14.9. The van der Waals surface area contributed by atoms with Crippen LogP contribution in [0.5, 0.6) is 5.75 Å². The molecule has 6 nitrogen and oxygen atoms in total. The van der Waals surface area contributed by atoms with E-state index in [9.17, 15) is 14.4 Å². The second-order valence-electron chi connectivity index (χ2n) is 4.46. The second-order valence-corrected chi connectivity index (χ2v) is 6.37. The maximum Gasteiger partial charge on any atom is 0.325 e. The largest absolute Gasteiger partial charge is 0.493 e. The van der Waals surface area contributed by atoms with Crippen molar-refractivity contribution in [2.45, 2.75) is 6.92 Å². The molecule has 0 bridgehead atoms. The van der Waals surface area contributed by atoms with Gasteiger partial charge in [-0.1, -0.05) is 15.9 Å². The Morgan fingerprint density at radius 1 is 1.39 bits per heavy atom. The molecule has 0 spiro atoms. The number of esters is 1. The van der Waals surface area contributed by atoms with Gasteiger partial charge >= 0.3 is 5.97 Å². The summed E-state index contributed by atoms with van der Waals surface area (Å²) in [6.45, 7) is 1.94. The first-order valence-electron chi connectivity index (χ1n) is 6.70. The predicted molar refractivity (Wildman–Crippen MR) is 90.0 cm³/mol. The summed E-state index contributed by atoms with van der Waals surface area (Å²) in [5, 5.41) is -0.500. The molecule has 0 radical (unpaired) electrons. The summed E-state index contributed by atoms with van der Waals surface area (Å²) in [4.78, 5) is 36.6. The molecule has 2 amide bonds. The van der Waals surface area contributed by atoms with Crippen LogP contribution >= 0.6 is 27.7 Å². The minimum Gasteiger partial charge on any atom is -0.493 e. The lowest BCUT2D eigenvalue weighted by atomic mass is 10.2. The van der Waals surface area contributed by atoms with Gasteiger partial charge in [-0.3, -0.25) is 19.3 Å². The lowest BCUT2D eigenvalue weighted by molar-refractivity contribution is -0.143. The van der Waals surface area contributed by atoms with Gasteiger partial charge in [0.15, 0.2) is 0 Å². The number of nitrogens with zero attached hydrogens (tertiary/aromatic N) is 1. The van der Waals surface area contributed by atoms with Gasteiger partial charge in [0.25, 0.3) is 11.1 Å². The first-order chi connectivity index (χ1) is 11.0. The minimum absolute atomic E-state index is 0.234. The van der Waals surface area contributed by atoms with E-state index in [2.05, 4.69) is 20.7 Å². The molecule has 0 aliphatic carbocycles. The molecule has 8 heteroatoms. The van der Waals surface area contributed by atoms with Crippen LogP contribution in [0.3, 0.4) is 0 Å². The van der Waals surface area contributed by atoms with E-state index in [1.54, 1.807) is 18.2 Å². The van der Waals surface area contributed by atoms with Crippen molar-refractivity contribution in [3.8, 4) is 5.75 Å². The molecule has 0 unspecified atom stereocenters. The van der Waals surface area contributed by atoms with Crippen LogP contribution in [0.2, 0.25) is 0 Å². The third-order valence-corrected chi connectivity index (χ3v) is 4.35. The van der Waals surface area contributed by atoms with Crippen LogP contribution in [0.4, 0.5) is 4.79 Å². The highest BCUT2D eigenvalue weighted by Crippen LogP contribution is 2.34. The molecule has 1 heterocycles. The van der Waals surface area contributed by atoms with Crippen molar-refractivity contribution in [2.24, 2.45) is 0 Å². The predicted octanol–water partition coefficient (Wildman–Crippen LogP) is 3.06.